The van der Waals surface area contributed by atoms with Crippen LogP contribution in [0.4, 0.5) is 10.5 Å². The molecular weight excluding hydrogens is 618 g/mol. The third kappa shape index (κ3) is 7.55. The first-order valence-electron chi connectivity index (χ1n) is 15.6. The van der Waals surface area contributed by atoms with Crippen molar-refractivity contribution in [1.82, 2.24) is 34.3 Å². The third-order valence-electron chi connectivity index (χ3n) is 8.21. The van der Waals surface area contributed by atoms with E-state index in [1.165, 1.54) is 24.1 Å². The summed E-state index contributed by atoms with van der Waals surface area (Å²) in [6.45, 7) is 11.2. The highest BCUT2D eigenvalue weighted by Crippen LogP contribution is 2.39. The molecule has 1 saturated heterocycles. The van der Waals surface area contributed by atoms with E-state index < -0.39 is 40.3 Å². The van der Waals surface area contributed by atoms with Crippen molar-refractivity contribution in [2.75, 3.05) is 38.0 Å². The molecule has 2 N–H and O–H groups in total. The molecule has 1 fully saturated rings. The van der Waals surface area contributed by atoms with Crippen LogP contribution in [0.1, 0.15) is 72.5 Å². The van der Waals surface area contributed by atoms with Crippen molar-refractivity contribution < 1.29 is 24.0 Å². The van der Waals surface area contributed by atoms with Gasteiger partial charge >= 0.3 is 6.09 Å². The summed E-state index contributed by atoms with van der Waals surface area (Å²) in [5, 5.41) is 31.3. The maximum absolute atomic E-state index is 13.2. The van der Waals surface area contributed by atoms with Gasteiger partial charge in [0, 0.05) is 57.8 Å². The summed E-state index contributed by atoms with van der Waals surface area (Å²) < 4.78 is 13.3. The Hall–Kier alpha value is -5.49. The summed E-state index contributed by atoms with van der Waals surface area (Å²) >= 11 is 0. The van der Waals surface area contributed by atoms with Gasteiger partial charge in [0.25, 0.3) is 11.5 Å². The van der Waals surface area contributed by atoms with Crippen LogP contribution < -0.4 is 10.9 Å². The SMILES string of the molecule is C[C@@H](c1nc(C(=O)Nc2cnoc2)c(O)c(=O)n1C)[C@H](c1cnn(CCN2CCN(C(=O)OC(C)(C)C)CC2)c1)c1ccccc1C#N. The summed E-state index contributed by atoms with van der Waals surface area (Å²) in [6, 6.07) is 9.43. The average molecular weight is 658 g/mol. The van der Waals surface area contributed by atoms with E-state index in [-0.39, 0.29) is 17.6 Å². The lowest BCUT2D eigenvalue weighted by Crippen LogP contribution is -2.50. The Balaban J connectivity index is 1.38. The van der Waals surface area contributed by atoms with Gasteiger partial charge in [-0.25, -0.2) is 9.78 Å². The number of carbonyl (C=O) groups is 2. The van der Waals surface area contributed by atoms with Crippen LogP contribution in [0, 0.1) is 11.3 Å². The molecule has 15 nitrogen and oxygen atoms in total. The number of nitrogens with one attached hydrogen (secondary N) is 1. The lowest BCUT2D eigenvalue weighted by atomic mass is 9.80. The van der Waals surface area contributed by atoms with E-state index in [1.54, 1.807) is 23.2 Å². The van der Waals surface area contributed by atoms with Crippen LogP contribution in [0.3, 0.4) is 0 Å². The molecule has 48 heavy (non-hydrogen) atoms. The van der Waals surface area contributed by atoms with E-state index in [4.69, 9.17) is 9.26 Å². The molecule has 3 aromatic heterocycles. The van der Waals surface area contributed by atoms with Crippen molar-refractivity contribution in [2.45, 2.75) is 51.7 Å². The predicted octanol–water partition coefficient (Wildman–Crippen LogP) is 3.28. The Morgan fingerprint density at radius 2 is 1.88 bits per heavy atom. The topological polar surface area (TPSA) is 185 Å². The van der Waals surface area contributed by atoms with Crippen molar-refractivity contribution in [1.29, 1.82) is 5.26 Å². The number of aromatic hydroxyl groups is 1. The van der Waals surface area contributed by atoms with Crippen LogP contribution in [-0.4, -0.2) is 89.7 Å². The van der Waals surface area contributed by atoms with E-state index in [9.17, 15) is 24.8 Å². The fourth-order valence-corrected chi connectivity index (χ4v) is 5.77. The molecule has 15 heteroatoms. The number of hydrogen-bond donors (Lipinski definition) is 2. The van der Waals surface area contributed by atoms with E-state index in [0.717, 1.165) is 5.56 Å². The number of piperazine rings is 1. The summed E-state index contributed by atoms with van der Waals surface area (Å²) in [5.41, 5.74) is 0.361. The van der Waals surface area contributed by atoms with Gasteiger partial charge in [-0.2, -0.15) is 10.4 Å². The van der Waals surface area contributed by atoms with Crippen LogP contribution >= 0.6 is 0 Å². The average Bonchev–Trinajstić information content (AvgIpc) is 3.75. The first-order chi connectivity index (χ1) is 22.9. The van der Waals surface area contributed by atoms with Crippen LogP contribution in [-0.2, 0) is 18.3 Å². The molecule has 0 aliphatic carbocycles. The molecule has 2 atom stereocenters. The molecule has 0 unspecified atom stereocenters. The minimum atomic E-state index is -0.810. The van der Waals surface area contributed by atoms with Gasteiger partial charge in [-0.15, -0.1) is 0 Å². The fourth-order valence-electron chi connectivity index (χ4n) is 5.77. The van der Waals surface area contributed by atoms with Gasteiger partial charge in [0.1, 0.15) is 23.4 Å². The monoisotopic (exact) mass is 657 g/mol. The van der Waals surface area contributed by atoms with Gasteiger partial charge in [0.15, 0.2) is 5.69 Å². The largest absolute Gasteiger partial charge is 0.501 e. The van der Waals surface area contributed by atoms with E-state index in [1.807, 2.05) is 50.7 Å². The molecule has 1 aliphatic rings. The fraction of sp³-hybridized carbons (Fsp3) is 0.424. The van der Waals surface area contributed by atoms with Gasteiger partial charge in [-0.05, 0) is 38.0 Å². The summed E-state index contributed by atoms with van der Waals surface area (Å²) in [6.07, 6.45) is 5.81. The number of carbonyl (C=O) groups excluding carboxylic acids is 2. The Kier molecular flexibility index (Phi) is 9.95. The molecule has 1 aromatic carbocycles. The van der Waals surface area contributed by atoms with Crippen molar-refractivity contribution in [3.63, 3.8) is 0 Å². The highest BCUT2D eigenvalue weighted by molar-refractivity contribution is 6.04. The van der Waals surface area contributed by atoms with Crippen LogP contribution in [0.2, 0.25) is 0 Å². The van der Waals surface area contributed by atoms with Gasteiger partial charge in [-0.1, -0.05) is 30.3 Å². The zero-order chi connectivity index (χ0) is 34.6. The van der Waals surface area contributed by atoms with Crippen LogP contribution in [0.25, 0.3) is 0 Å². The van der Waals surface area contributed by atoms with Gasteiger partial charge < -0.3 is 24.6 Å². The number of nitrogens with zero attached hydrogens (tertiary/aromatic N) is 8. The van der Waals surface area contributed by atoms with Gasteiger partial charge in [0.2, 0.25) is 5.75 Å². The minimum Gasteiger partial charge on any atom is -0.501 e. The maximum Gasteiger partial charge on any atom is 0.410 e. The molecular formula is C33H39N9O6. The molecule has 0 spiro atoms. The molecule has 252 valence electrons. The first kappa shape index (κ1) is 33.9. The predicted molar refractivity (Wildman–Crippen MR) is 173 cm³/mol. The molecule has 5 rings (SSSR count). The highest BCUT2D eigenvalue weighted by atomic mass is 16.6. The van der Waals surface area contributed by atoms with E-state index in [2.05, 4.69) is 31.5 Å². The van der Waals surface area contributed by atoms with E-state index in [0.29, 0.717) is 50.4 Å². The van der Waals surface area contributed by atoms with Crippen molar-refractivity contribution in [2.24, 2.45) is 7.05 Å². The van der Waals surface area contributed by atoms with Crippen molar-refractivity contribution >= 4 is 17.7 Å². The quantitative estimate of drug-likeness (QED) is 0.269. The number of hydrogen-bond acceptors (Lipinski definition) is 11. The van der Waals surface area contributed by atoms with Crippen LogP contribution in [0.15, 0.2) is 58.4 Å². The zero-order valence-electron chi connectivity index (χ0n) is 27.6. The summed E-state index contributed by atoms with van der Waals surface area (Å²) in [5.74, 6) is -2.43. The second kappa shape index (κ2) is 14.1. The third-order valence-corrected chi connectivity index (χ3v) is 8.21. The lowest BCUT2D eigenvalue weighted by Gasteiger charge is -2.35. The molecule has 0 saturated carbocycles. The lowest BCUT2D eigenvalue weighted by molar-refractivity contribution is 0.0142. The smallest absolute Gasteiger partial charge is 0.410 e. The standard InChI is InChI=1S/C33H39N9O6/c1-21(29-38-27(28(43)31(45)39(29)5)30(44)37-24-18-36-47-20-24)26(25-9-7-6-8-22(25)16-34)23-17-35-42(19-23)15-12-40-10-13-41(14-11-40)32(46)48-33(2,3)4/h6-9,17-21,26,43H,10-15H2,1-5H3,(H,37,44)/t21-,26-/m1/s1. The highest BCUT2D eigenvalue weighted by Gasteiger charge is 2.32. The maximum atomic E-state index is 13.2. The molecule has 1 aliphatic heterocycles. The van der Waals surface area contributed by atoms with E-state index >= 15 is 0 Å². The number of aromatic nitrogens is 5. The number of rotatable bonds is 9. The Bertz CT molecular complexity index is 1860. The number of anilines is 1. The zero-order valence-corrected chi connectivity index (χ0v) is 27.6. The van der Waals surface area contributed by atoms with Gasteiger partial charge in [0.05, 0.1) is 30.6 Å². The Morgan fingerprint density at radius 3 is 2.54 bits per heavy atom. The number of amides is 2. The van der Waals surface area contributed by atoms with Gasteiger partial charge in [-0.3, -0.25) is 23.7 Å². The number of benzene rings is 1. The summed E-state index contributed by atoms with van der Waals surface area (Å²) in [7, 11) is 1.47. The molecule has 0 radical (unpaired) electrons. The van der Waals surface area contributed by atoms with Crippen molar-refractivity contribution in [3.8, 4) is 11.8 Å². The number of nitriles is 1. The molecule has 4 heterocycles. The van der Waals surface area contributed by atoms with Crippen LogP contribution in [0.5, 0.6) is 5.75 Å². The summed E-state index contributed by atoms with van der Waals surface area (Å²) in [4.78, 5) is 47.1. The number of ether oxygens (including phenoxy) is 1. The first-order valence-corrected chi connectivity index (χ1v) is 15.6. The molecule has 4 aromatic rings. The second-order valence-electron chi connectivity index (χ2n) is 12.7. The van der Waals surface area contributed by atoms with Crippen molar-refractivity contribution in [3.05, 3.63) is 87.7 Å². The Labute approximate surface area is 277 Å². The minimum absolute atomic E-state index is 0.224. The Morgan fingerprint density at radius 1 is 1.15 bits per heavy atom. The second-order valence-corrected chi connectivity index (χ2v) is 12.7. The normalized spacial score (nSPS) is 15.0. The molecule has 0 bridgehead atoms. The molecule has 2 amide bonds.